The molecule has 0 N–H and O–H groups in total. The monoisotopic (exact) mass is 412 g/mol. The maximum Gasteiger partial charge on any atom is 0.417 e. The van der Waals surface area contributed by atoms with Gasteiger partial charge < -0.3 is 4.52 Å². The van der Waals surface area contributed by atoms with E-state index in [-0.39, 0.29) is 32.5 Å². The lowest BCUT2D eigenvalue weighted by molar-refractivity contribution is -0.136. The fourth-order valence-corrected chi connectivity index (χ4v) is 3.01. The summed E-state index contributed by atoms with van der Waals surface area (Å²) >= 11 is 11.9. The molecule has 0 saturated heterocycles. The third-order valence-corrected chi connectivity index (χ3v) is 4.68. The average molecular weight is 413 g/mol. The number of hydrogen-bond donors (Lipinski definition) is 0. The smallest absolute Gasteiger partial charge is 0.335 e. The molecule has 0 spiro atoms. The fourth-order valence-electron chi connectivity index (χ4n) is 2.72. The van der Waals surface area contributed by atoms with E-state index in [4.69, 9.17) is 27.7 Å². The van der Waals surface area contributed by atoms with Gasteiger partial charge in [0, 0.05) is 24.4 Å². The predicted molar refractivity (Wildman–Crippen MR) is 94.5 cm³/mol. The van der Waals surface area contributed by atoms with Crippen molar-refractivity contribution in [3.05, 3.63) is 52.3 Å². The molecule has 3 aromatic heterocycles. The summed E-state index contributed by atoms with van der Waals surface area (Å²) < 4.78 is 47.9. The van der Waals surface area contributed by atoms with Gasteiger partial charge in [-0.2, -0.15) is 18.3 Å². The van der Waals surface area contributed by atoms with E-state index >= 15 is 0 Å². The highest BCUT2D eigenvalue weighted by Gasteiger charge is 2.36. The van der Waals surface area contributed by atoms with E-state index in [1.54, 1.807) is 13.2 Å². The number of aromatic nitrogens is 4. The zero-order chi connectivity index (χ0) is 19.3. The van der Waals surface area contributed by atoms with Gasteiger partial charge in [-0.05, 0) is 18.2 Å². The normalized spacial score (nSPS) is 12.1. The van der Waals surface area contributed by atoms with Crippen molar-refractivity contribution in [3.63, 3.8) is 0 Å². The number of alkyl halides is 3. The summed E-state index contributed by atoms with van der Waals surface area (Å²) in [6.07, 6.45) is -1.66. The summed E-state index contributed by atoms with van der Waals surface area (Å²) in [5.41, 5.74) is -0.304. The summed E-state index contributed by atoms with van der Waals surface area (Å²) in [7, 11) is 1.66. The molecular formula is C17H9Cl2F3N4O. The average Bonchev–Trinajstić information content (AvgIpc) is 3.22. The highest BCUT2D eigenvalue weighted by Crippen LogP contribution is 2.41. The second-order valence-corrected chi connectivity index (χ2v) is 6.61. The van der Waals surface area contributed by atoms with Crippen LogP contribution in [0.15, 0.2) is 41.2 Å². The van der Waals surface area contributed by atoms with Gasteiger partial charge in [-0.3, -0.25) is 4.68 Å². The standard InChI is InChI=1S/C17H9Cl2F3N4O/c1-26-7-9(6-23-26)13-5-10(17(20,21)22)14-15(25-27-16(14)24-13)8-2-3-11(18)12(19)4-8/h2-7H,1H3. The largest absolute Gasteiger partial charge is 0.417 e. The Morgan fingerprint density at radius 1 is 1.07 bits per heavy atom. The molecule has 27 heavy (non-hydrogen) atoms. The fraction of sp³-hybridized carbons (Fsp3) is 0.118. The van der Waals surface area contributed by atoms with E-state index in [1.165, 1.54) is 29.1 Å². The first-order valence-corrected chi connectivity index (χ1v) is 8.31. The van der Waals surface area contributed by atoms with E-state index in [0.29, 0.717) is 11.1 Å². The Balaban J connectivity index is 1.99. The molecule has 0 aliphatic carbocycles. The first-order valence-electron chi connectivity index (χ1n) is 7.56. The van der Waals surface area contributed by atoms with Gasteiger partial charge in [0.05, 0.1) is 32.9 Å². The van der Waals surface area contributed by atoms with E-state index < -0.39 is 11.7 Å². The Bertz CT molecular complexity index is 1170. The Hall–Kier alpha value is -2.58. The number of pyridine rings is 1. The lowest BCUT2D eigenvalue weighted by atomic mass is 10.0. The molecule has 0 radical (unpaired) electrons. The third kappa shape index (κ3) is 3.15. The molecule has 3 heterocycles. The second kappa shape index (κ2) is 6.24. The summed E-state index contributed by atoms with van der Waals surface area (Å²) in [5.74, 6) is 0. The Morgan fingerprint density at radius 2 is 1.85 bits per heavy atom. The van der Waals surface area contributed by atoms with E-state index in [1.807, 2.05) is 0 Å². The van der Waals surface area contributed by atoms with Crippen molar-refractivity contribution in [2.24, 2.45) is 7.05 Å². The van der Waals surface area contributed by atoms with Gasteiger partial charge in [-0.25, -0.2) is 4.98 Å². The van der Waals surface area contributed by atoms with Crippen molar-refractivity contribution in [3.8, 4) is 22.5 Å². The van der Waals surface area contributed by atoms with Crippen LogP contribution in [0, 0.1) is 0 Å². The van der Waals surface area contributed by atoms with Crippen molar-refractivity contribution in [2.45, 2.75) is 6.18 Å². The van der Waals surface area contributed by atoms with E-state index in [9.17, 15) is 13.2 Å². The Morgan fingerprint density at radius 3 is 2.48 bits per heavy atom. The maximum atomic E-state index is 13.8. The molecule has 0 fully saturated rings. The van der Waals surface area contributed by atoms with Gasteiger partial charge in [0.15, 0.2) is 0 Å². The van der Waals surface area contributed by atoms with Crippen molar-refractivity contribution >= 4 is 34.3 Å². The third-order valence-electron chi connectivity index (χ3n) is 3.95. The van der Waals surface area contributed by atoms with Gasteiger partial charge in [-0.1, -0.05) is 34.4 Å². The minimum absolute atomic E-state index is 0.0128. The molecule has 5 nitrogen and oxygen atoms in total. The zero-order valence-electron chi connectivity index (χ0n) is 13.6. The molecular weight excluding hydrogens is 404 g/mol. The first kappa shape index (κ1) is 17.8. The van der Waals surface area contributed by atoms with Crippen LogP contribution in [0.5, 0.6) is 0 Å². The molecule has 0 aliphatic rings. The van der Waals surface area contributed by atoms with Crippen LogP contribution < -0.4 is 0 Å². The molecule has 0 bridgehead atoms. The van der Waals surface area contributed by atoms with Crippen molar-refractivity contribution in [1.29, 1.82) is 0 Å². The number of hydrogen-bond acceptors (Lipinski definition) is 4. The van der Waals surface area contributed by atoms with Crippen LogP contribution in [0.2, 0.25) is 10.0 Å². The molecule has 0 unspecified atom stereocenters. The lowest BCUT2D eigenvalue weighted by Crippen LogP contribution is -2.07. The Labute approximate surface area is 160 Å². The van der Waals surface area contributed by atoms with Crippen molar-refractivity contribution in [1.82, 2.24) is 19.9 Å². The second-order valence-electron chi connectivity index (χ2n) is 5.80. The number of fused-ring (bicyclic) bond motifs is 1. The van der Waals surface area contributed by atoms with E-state index in [0.717, 1.165) is 6.07 Å². The molecule has 4 aromatic rings. The predicted octanol–water partition coefficient (Wildman–Crippen LogP) is 5.62. The van der Waals surface area contributed by atoms with Gasteiger partial charge in [-0.15, -0.1) is 0 Å². The number of rotatable bonds is 2. The lowest BCUT2D eigenvalue weighted by Gasteiger charge is -2.10. The topological polar surface area (TPSA) is 56.7 Å². The molecule has 0 aliphatic heterocycles. The van der Waals surface area contributed by atoms with Gasteiger partial charge in [0.2, 0.25) is 0 Å². The summed E-state index contributed by atoms with van der Waals surface area (Å²) in [4.78, 5) is 4.18. The van der Waals surface area contributed by atoms with Gasteiger partial charge >= 0.3 is 6.18 Å². The van der Waals surface area contributed by atoms with Gasteiger partial charge in [0.25, 0.3) is 5.71 Å². The SMILES string of the molecule is Cn1cc(-c2cc(C(F)(F)F)c3c(-c4ccc(Cl)c(Cl)c4)noc3n2)cn1. The number of aryl methyl sites for hydroxylation is 1. The van der Waals surface area contributed by atoms with Crippen LogP contribution >= 0.6 is 23.2 Å². The first-order chi connectivity index (χ1) is 12.7. The van der Waals surface area contributed by atoms with Crippen LogP contribution in [0.25, 0.3) is 33.6 Å². The highest BCUT2D eigenvalue weighted by molar-refractivity contribution is 6.42. The highest BCUT2D eigenvalue weighted by atomic mass is 35.5. The summed E-state index contributed by atoms with van der Waals surface area (Å²) in [6.45, 7) is 0. The van der Waals surface area contributed by atoms with Crippen molar-refractivity contribution < 1.29 is 17.7 Å². The molecule has 0 amide bonds. The summed E-state index contributed by atoms with van der Waals surface area (Å²) in [6, 6.07) is 5.37. The van der Waals surface area contributed by atoms with E-state index in [2.05, 4.69) is 15.2 Å². The molecule has 1 aromatic carbocycles. The van der Waals surface area contributed by atoms with Crippen LogP contribution in [0.3, 0.4) is 0 Å². The minimum atomic E-state index is -4.64. The summed E-state index contributed by atoms with van der Waals surface area (Å²) in [5, 5.41) is 7.98. The molecule has 0 atom stereocenters. The van der Waals surface area contributed by atoms with Crippen LogP contribution in [0.1, 0.15) is 5.56 Å². The zero-order valence-corrected chi connectivity index (χ0v) is 15.1. The number of nitrogens with zero attached hydrogens (tertiary/aromatic N) is 4. The molecule has 10 heteroatoms. The van der Waals surface area contributed by atoms with Gasteiger partial charge in [0.1, 0.15) is 5.69 Å². The molecule has 138 valence electrons. The molecule has 4 rings (SSSR count). The molecule has 0 saturated carbocycles. The van der Waals surface area contributed by atoms with Crippen LogP contribution in [-0.2, 0) is 13.2 Å². The maximum absolute atomic E-state index is 13.8. The Kier molecular flexibility index (Phi) is 4.12. The number of halogens is 5. The number of benzene rings is 1. The minimum Gasteiger partial charge on any atom is -0.335 e. The quantitative estimate of drug-likeness (QED) is 0.428. The van der Waals surface area contributed by atoms with Crippen molar-refractivity contribution in [2.75, 3.05) is 0 Å². The van der Waals surface area contributed by atoms with Crippen LogP contribution in [0.4, 0.5) is 13.2 Å². The van der Waals surface area contributed by atoms with Crippen LogP contribution in [-0.4, -0.2) is 19.9 Å².